The first-order valence-corrected chi connectivity index (χ1v) is 8.73. The Morgan fingerprint density at radius 2 is 1.96 bits per heavy atom. The van der Waals surface area contributed by atoms with Crippen molar-refractivity contribution in [2.24, 2.45) is 0 Å². The third-order valence-electron chi connectivity index (χ3n) is 4.95. The largest absolute Gasteiger partial charge is 0.311 e. The average Bonchev–Trinajstić information content (AvgIpc) is 2.58. The van der Waals surface area contributed by atoms with Gasteiger partial charge >= 0.3 is 0 Å². The average molecular weight is 310 g/mol. The number of hydrogen-bond acceptors (Lipinski definition) is 2. The van der Waals surface area contributed by atoms with E-state index in [1.165, 1.54) is 24.6 Å². The van der Waals surface area contributed by atoms with Crippen LogP contribution in [0.15, 0.2) is 42.5 Å². The van der Waals surface area contributed by atoms with Crippen molar-refractivity contribution in [2.45, 2.75) is 39.2 Å². The second-order valence-corrected chi connectivity index (χ2v) is 6.45. The summed E-state index contributed by atoms with van der Waals surface area (Å²) in [4.78, 5) is 17.2. The van der Waals surface area contributed by atoms with Gasteiger partial charge in [0.05, 0.1) is 12.2 Å². The zero-order valence-electron chi connectivity index (χ0n) is 14.2. The maximum absolute atomic E-state index is 12.9. The Labute approximate surface area is 138 Å². The van der Waals surface area contributed by atoms with Gasteiger partial charge in [0.25, 0.3) is 0 Å². The lowest BCUT2D eigenvalue weighted by molar-refractivity contribution is -0.120. The van der Waals surface area contributed by atoms with Crippen molar-refractivity contribution in [1.29, 1.82) is 0 Å². The van der Waals surface area contributed by atoms with Crippen molar-refractivity contribution in [3.63, 3.8) is 0 Å². The van der Waals surface area contributed by atoms with Crippen LogP contribution in [0.1, 0.15) is 33.1 Å². The Hall–Kier alpha value is -1.87. The van der Waals surface area contributed by atoms with Crippen molar-refractivity contribution in [2.75, 3.05) is 24.5 Å². The molecule has 23 heavy (non-hydrogen) atoms. The summed E-state index contributed by atoms with van der Waals surface area (Å²) < 4.78 is 0. The highest BCUT2D eigenvalue weighted by Crippen LogP contribution is 2.27. The second kappa shape index (κ2) is 7.14. The highest BCUT2D eigenvalue weighted by molar-refractivity contribution is 6.04. The molecule has 1 amide bonds. The number of rotatable bonds is 4. The molecular weight excluding hydrogens is 284 g/mol. The van der Waals surface area contributed by atoms with Gasteiger partial charge in [-0.15, -0.1) is 0 Å². The highest BCUT2D eigenvalue weighted by Gasteiger charge is 2.24. The highest BCUT2D eigenvalue weighted by atomic mass is 16.2. The lowest BCUT2D eigenvalue weighted by Gasteiger charge is -2.34. The number of anilines is 1. The van der Waals surface area contributed by atoms with Gasteiger partial charge in [0, 0.05) is 18.0 Å². The van der Waals surface area contributed by atoms with Crippen molar-refractivity contribution < 1.29 is 4.79 Å². The predicted octanol–water partition coefficient (Wildman–Crippen LogP) is 4.07. The van der Waals surface area contributed by atoms with E-state index in [-0.39, 0.29) is 5.91 Å². The van der Waals surface area contributed by atoms with Crippen molar-refractivity contribution >= 4 is 22.4 Å². The summed E-state index contributed by atoms with van der Waals surface area (Å²) in [5.41, 5.74) is 1.03. The standard InChI is InChI=1S/C20H26N2O/c1-3-22(20(23)15-21-14-7-6-9-16(21)2)19-13-8-11-17-10-4-5-12-18(17)19/h4-5,8,10-13,16H,3,6-7,9,14-15H2,1-2H3. The maximum Gasteiger partial charge on any atom is 0.241 e. The van der Waals surface area contributed by atoms with Gasteiger partial charge in [-0.05, 0) is 44.7 Å². The number of likely N-dealkylation sites (N-methyl/N-ethyl adjacent to an activating group) is 1. The fourth-order valence-corrected chi connectivity index (χ4v) is 3.58. The Morgan fingerprint density at radius 1 is 1.17 bits per heavy atom. The molecule has 3 heteroatoms. The number of likely N-dealkylation sites (tertiary alicyclic amines) is 1. The predicted molar refractivity (Wildman–Crippen MR) is 96.9 cm³/mol. The summed E-state index contributed by atoms with van der Waals surface area (Å²) in [6.45, 7) is 6.56. The van der Waals surface area contributed by atoms with Crippen LogP contribution in [0.25, 0.3) is 10.8 Å². The van der Waals surface area contributed by atoms with Gasteiger partial charge in [0.1, 0.15) is 0 Å². The van der Waals surface area contributed by atoms with Crippen LogP contribution in [-0.2, 0) is 4.79 Å². The molecule has 1 atom stereocenters. The Morgan fingerprint density at radius 3 is 2.74 bits per heavy atom. The Balaban J connectivity index is 1.84. The summed E-state index contributed by atoms with van der Waals surface area (Å²) in [5.74, 6) is 0.206. The van der Waals surface area contributed by atoms with Gasteiger partial charge in [-0.3, -0.25) is 9.69 Å². The van der Waals surface area contributed by atoms with Gasteiger partial charge in [-0.2, -0.15) is 0 Å². The van der Waals surface area contributed by atoms with E-state index >= 15 is 0 Å². The fourth-order valence-electron chi connectivity index (χ4n) is 3.58. The molecule has 0 saturated carbocycles. The number of piperidine rings is 1. The molecule has 2 aromatic rings. The monoisotopic (exact) mass is 310 g/mol. The zero-order chi connectivity index (χ0) is 16.2. The van der Waals surface area contributed by atoms with Crippen molar-refractivity contribution in [3.8, 4) is 0 Å². The van der Waals surface area contributed by atoms with Crippen molar-refractivity contribution in [1.82, 2.24) is 4.90 Å². The number of carbonyl (C=O) groups excluding carboxylic acids is 1. The molecule has 3 rings (SSSR count). The van der Waals surface area contributed by atoms with Crippen LogP contribution in [0, 0.1) is 0 Å². The number of fused-ring (bicyclic) bond motifs is 1. The van der Waals surface area contributed by atoms with E-state index in [9.17, 15) is 4.79 Å². The molecule has 1 unspecified atom stereocenters. The quantitative estimate of drug-likeness (QED) is 0.850. The Kier molecular flexibility index (Phi) is 4.97. The van der Waals surface area contributed by atoms with E-state index in [1.807, 2.05) is 23.1 Å². The van der Waals surface area contributed by atoms with Crippen LogP contribution < -0.4 is 4.90 Å². The van der Waals surface area contributed by atoms with Crippen LogP contribution in [0.4, 0.5) is 5.69 Å². The maximum atomic E-state index is 12.9. The smallest absolute Gasteiger partial charge is 0.241 e. The van der Waals surface area contributed by atoms with Gasteiger partial charge < -0.3 is 4.90 Å². The number of hydrogen-bond donors (Lipinski definition) is 0. The molecule has 0 radical (unpaired) electrons. The minimum Gasteiger partial charge on any atom is -0.311 e. The molecule has 0 aromatic heterocycles. The molecule has 1 heterocycles. The molecular formula is C20H26N2O. The van der Waals surface area contributed by atoms with E-state index in [0.717, 1.165) is 17.6 Å². The number of nitrogens with zero attached hydrogens (tertiary/aromatic N) is 2. The van der Waals surface area contributed by atoms with Gasteiger partial charge in [-0.1, -0.05) is 42.8 Å². The number of benzene rings is 2. The number of carbonyl (C=O) groups is 1. The third kappa shape index (κ3) is 3.40. The molecule has 1 aliphatic rings. The summed E-state index contributed by atoms with van der Waals surface area (Å²) in [6, 6.07) is 15.0. The minimum absolute atomic E-state index is 0.206. The fraction of sp³-hybridized carbons (Fsp3) is 0.450. The Bertz CT molecular complexity index is 677. The molecule has 0 aliphatic carbocycles. The SMILES string of the molecule is CCN(C(=O)CN1CCCCC1C)c1cccc2ccccc12. The topological polar surface area (TPSA) is 23.6 Å². The molecule has 122 valence electrons. The van der Waals surface area contributed by atoms with E-state index in [4.69, 9.17) is 0 Å². The summed E-state index contributed by atoms with van der Waals surface area (Å²) in [6.07, 6.45) is 3.69. The molecule has 0 bridgehead atoms. The second-order valence-electron chi connectivity index (χ2n) is 6.45. The first-order chi connectivity index (χ1) is 11.2. The van der Waals surface area contributed by atoms with E-state index in [0.29, 0.717) is 19.1 Å². The van der Waals surface area contributed by atoms with E-state index < -0.39 is 0 Å². The molecule has 1 saturated heterocycles. The first-order valence-electron chi connectivity index (χ1n) is 8.73. The lowest BCUT2D eigenvalue weighted by Crippen LogP contribution is -2.46. The molecule has 3 nitrogen and oxygen atoms in total. The van der Waals surface area contributed by atoms with Crippen LogP contribution >= 0.6 is 0 Å². The molecule has 0 spiro atoms. The van der Waals surface area contributed by atoms with E-state index in [2.05, 4.69) is 43.0 Å². The molecule has 2 aromatic carbocycles. The van der Waals surface area contributed by atoms with Gasteiger partial charge in [0.15, 0.2) is 0 Å². The van der Waals surface area contributed by atoms with Gasteiger partial charge in [0.2, 0.25) is 5.91 Å². The third-order valence-corrected chi connectivity index (χ3v) is 4.95. The van der Waals surface area contributed by atoms with E-state index in [1.54, 1.807) is 0 Å². The van der Waals surface area contributed by atoms with Crippen LogP contribution in [0.5, 0.6) is 0 Å². The van der Waals surface area contributed by atoms with Crippen LogP contribution in [-0.4, -0.2) is 36.5 Å². The minimum atomic E-state index is 0.206. The first kappa shape index (κ1) is 16.0. The normalized spacial score (nSPS) is 19.0. The summed E-state index contributed by atoms with van der Waals surface area (Å²) in [7, 11) is 0. The van der Waals surface area contributed by atoms with Crippen molar-refractivity contribution in [3.05, 3.63) is 42.5 Å². The summed E-state index contributed by atoms with van der Waals surface area (Å²) in [5, 5.41) is 2.33. The van der Waals surface area contributed by atoms with Gasteiger partial charge in [-0.25, -0.2) is 0 Å². The molecule has 1 fully saturated rings. The number of amides is 1. The lowest BCUT2D eigenvalue weighted by atomic mass is 10.0. The molecule has 0 N–H and O–H groups in total. The summed E-state index contributed by atoms with van der Waals surface area (Å²) >= 11 is 0. The van der Waals surface area contributed by atoms with Crippen LogP contribution in [0.2, 0.25) is 0 Å². The van der Waals surface area contributed by atoms with Crippen LogP contribution in [0.3, 0.4) is 0 Å². The zero-order valence-corrected chi connectivity index (χ0v) is 14.2. The molecule has 1 aliphatic heterocycles.